The van der Waals surface area contributed by atoms with Crippen molar-refractivity contribution in [3.63, 3.8) is 0 Å². The molecule has 0 aromatic rings. The van der Waals surface area contributed by atoms with Crippen LogP contribution in [0.15, 0.2) is 0 Å². The van der Waals surface area contributed by atoms with E-state index in [0.717, 1.165) is 25.9 Å². The molecule has 1 rings (SSSR count). The summed E-state index contributed by atoms with van der Waals surface area (Å²) in [5, 5.41) is 2.83. The number of nitrogens with one attached hydrogen (secondary N) is 1. The van der Waals surface area contributed by atoms with Gasteiger partial charge in [-0.05, 0) is 38.6 Å². The van der Waals surface area contributed by atoms with Gasteiger partial charge >= 0.3 is 5.97 Å². The molecule has 0 spiro atoms. The molecule has 0 saturated carbocycles. The molecule has 1 aliphatic rings. The Morgan fingerprint density at radius 1 is 1.50 bits per heavy atom. The standard InChI is InChI=1S/C14H27N3O3/c1-11(15)12-5-4-8-17(9-12)10-13(18)16-7-3-6-14(19)20-2/h11-12H,3-10,15H2,1-2H3,(H,16,18). The first-order valence-corrected chi connectivity index (χ1v) is 7.34. The fourth-order valence-corrected chi connectivity index (χ4v) is 2.49. The SMILES string of the molecule is COC(=O)CCCNC(=O)CN1CCCC(C(C)N)C1. The lowest BCUT2D eigenvalue weighted by Gasteiger charge is -2.34. The third-order valence-corrected chi connectivity index (χ3v) is 3.76. The van der Waals surface area contributed by atoms with Gasteiger partial charge in [0.05, 0.1) is 13.7 Å². The Morgan fingerprint density at radius 3 is 2.90 bits per heavy atom. The van der Waals surface area contributed by atoms with E-state index in [4.69, 9.17) is 5.73 Å². The minimum absolute atomic E-state index is 0.0141. The van der Waals surface area contributed by atoms with Crippen LogP contribution in [0.1, 0.15) is 32.6 Å². The molecule has 2 unspecified atom stereocenters. The minimum Gasteiger partial charge on any atom is -0.469 e. The number of carbonyl (C=O) groups is 2. The number of hydrogen-bond donors (Lipinski definition) is 2. The van der Waals surface area contributed by atoms with E-state index in [2.05, 4.69) is 15.0 Å². The minimum atomic E-state index is -0.241. The van der Waals surface area contributed by atoms with Gasteiger partial charge in [0.15, 0.2) is 0 Å². The van der Waals surface area contributed by atoms with Gasteiger partial charge < -0.3 is 15.8 Å². The van der Waals surface area contributed by atoms with E-state index in [1.807, 2.05) is 6.92 Å². The molecular weight excluding hydrogens is 258 g/mol. The molecule has 1 fully saturated rings. The molecule has 1 saturated heterocycles. The lowest BCUT2D eigenvalue weighted by atomic mass is 9.92. The van der Waals surface area contributed by atoms with Gasteiger partial charge in [-0.2, -0.15) is 0 Å². The van der Waals surface area contributed by atoms with Crippen molar-refractivity contribution in [2.45, 2.75) is 38.6 Å². The van der Waals surface area contributed by atoms with Crippen LogP contribution in [0, 0.1) is 5.92 Å². The second-order valence-electron chi connectivity index (χ2n) is 5.53. The summed E-state index contributed by atoms with van der Waals surface area (Å²) in [6, 6.07) is 0.181. The van der Waals surface area contributed by atoms with Gasteiger partial charge in [0.1, 0.15) is 0 Å². The third-order valence-electron chi connectivity index (χ3n) is 3.76. The van der Waals surface area contributed by atoms with Crippen molar-refractivity contribution in [1.82, 2.24) is 10.2 Å². The number of rotatable bonds is 7. The highest BCUT2D eigenvalue weighted by Crippen LogP contribution is 2.18. The molecule has 2 atom stereocenters. The predicted octanol–water partition coefficient (Wildman–Crippen LogP) is 0.115. The topological polar surface area (TPSA) is 84.7 Å². The van der Waals surface area contributed by atoms with Crippen molar-refractivity contribution in [3.8, 4) is 0 Å². The number of nitrogens with two attached hydrogens (primary N) is 1. The molecule has 1 heterocycles. The van der Waals surface area contributed by atoms with Crippen LogP contribution in [0.4, 0.5) is 0 Å². The number of likely N-dealkylation sites (tertiary alicyclic amines) is 1. The molecule has 0 aromatic heterocycles. The molecular formula is C14H27N3O3. The highest BCUT2D eigenvalue weighted by molar-refractivity contribution is 5.78. The Labute approximate surface area is 121 Å². The van der Waals surface area contributed by atoms with Crippen molar-refractivity contribution < 1.29 is 14.3 Å². The van der Waals surface area contributed by atoms with Crippen LogP contribution < -0.4 is 11.1 Å². The summed E-state index contributed by atoms with van der Waals surface area (Å²) in [7, 11) is 1.37. The zero-order chi connectivity index (χ0) is 15.0. The Hall–Kier alpha value is -1.14. The zero-order valence-corrected chi connectivity index (χ0v) is 12.6. The first kappa shape index (κ1) is 16.9. The van der Waals surface area contributed by atoms with E-state index in [1.54, 1.807) is 0 Å². The van der Waals surface area contributed by atoms with Crippen molar-refractivity contribution in [3.05, 3.63) is 0 Å². The summed E-state index contributed by atoms with van der Waals surface area (Å²) in [5.74, 6) is 0.256. The number of nitrogens with zero attached hydrogens (tertiary/aromatic N) is 1. The number of amides is 1. The lowest BCUT2D eigenvalue weighted by molar-refractivity contribution is -0.140. The van der Waals surface area contributed by atoms with Crippen LogP contribution >= 0.6 is 0 Å². The molecule has 0 radical (unpaired) electrons. The Morgan fingerprint density at radius 2 is 2.25 bits per heavy atom. The van der Waals surface area contributed by atoms with Crippen molar-refractivity contribution in [2.75, 3.05) is 33.3 Å². The first-order chi connectivity index (χ1) is 9.52. The van der Waals surface area contributed by atoms with E-state index in [1.165, 1.54) is 7.11 Å². The van der Waals surface area contributed by atoms with Gasteiger partial charge in [-0.15, -0.1) is 0 Å². The number of methoxy groups -OCH3 is 1. The molecule has 1 aliphatic heterocycles. The first-order valence-electron chi connectivity index (χ1n) is 7.34. The second kappa shape index (κ2) is 8.92. The molecule has 20 heavy (non-hydrogen) atoms. The summed E-state index contributed by atoms with van der Waals surface area (Å²) in [5.41, 5.74) is 5.93. The van der Waals surface area contributed by atoms with Crippen LogP contribution in [0.25, 0.3) is 0 Å². The van der Waals surface area contributed by atoms with Crippen molar-refractivity contribution in [2.24, 2.45) is 11.7 Å². The van der Waals surface area contributed by atoms with E-state index in [-0.39, 0.29) is 17.9 Å². The van der Waals surface area contributed by atoms with Crippen molar-refractivity contribution in [1.29, 1.82) is 0 Å². The van der Waals surface area contributed by atoms with Gasteiger partial charge in [0.2, 0.25) is 5.91 Å². The van der Waals surface area contributed by atoms with E-state index >= 15 is 0 Å². The maximum absolute atomic E-state index is 11.8. The van der Waals surface area contributed by atoms with Crippen LogP contribution in [0.3, 0.4) is 0 Å². The highest BCUT2D eigenvalue weighted by Gasteiger charge is 2.23. The number of carbonyl (C=O) groups excluding carboxylic acids is 2. The molecule has 0 bridgehead atoms. The smallest absolute Gasteiger partial charge is 0.305 e. The Balaban J connectivity index is 2.16. The molecule has 6 heteroatoms. The van der Waals surface area contributed by atoms with Crippen molar-refractivity contribution >= 4 is 11.9 Å². The number of esters is 1. The summed E-state index contributed by atoms with van der Waals surface area (Å²) < 4.78 is 4.54. The molecule has 6 nitrogen and oxygen atoms in total. The number of ether oxygens (including phenoxy) is 1. The Bertz CT molecular complexity index is 321. The molecule has 0 aromatic carbocycles. The van der Waals surface area contributed by atoms with Gasteiger partial charge in [-0.1, -0.05) is 0 Å². The second-order valence-corrected chi connectivity index (χ2v) is 5.53. The van der Waals surface area contributed by atoms with Gasteiger partial charge in [0, 0.05) is 25.6 Å². The predicted molar refractivity (Wildman–Crippen MR) is 77.1 cm³/mol. The largest absolute Gasteiger partial charge is 0.469 e. The van der Waals surface area contributed by atoms with E-state index in [0.29, 0.717) is 31.8 Å². The normalized spacial score (nSPS) is 21.2. The summed E-state index contributed by atoms with van der Waals surface area (Å²) in [4.78, 5) is 24.9. The molecule has 0 aliphatic carbocycles. The zero-order valence-electron chi connectivity index (χ0n) is 12.6. The quantitative estimate of drug-likeness (QED) is 0.512. The molecule has 116 valence electrons. The number of piperidine rings is 1. The summed E-state index contributed by atoms with van der Waals surface area (Å²) in [6.07, 6.45) is 3.20. The fraction of sp³-hybridized carbons (Fsp3) is 0.857. The average molecular weight is 285 g/mol. The lowest BCUT2D eigenvalue weighted by Crippen LogP contribution is -2.46. The van der Waals surface area contributed by atoms with Gasteiger partial charge in [-0.3, -0.25) is 14.5 Å². The van der Waals surface area contributed by atoms with Crippen LogP contribution in [0.2, 0.25) is 0 Å². The molecule has 1 amide bonds. The average Bonchev–Trinajstić information content (AvgIpc) is 2.43. The van der Waals surface area contributed by atoms with E-state index < -0.39 is 0 Å². The molecule has 3 N–H and O–H groups in total. The highest BCUT2D eigenvalue weighted by atomic mass is 16.5. The summed E-state index contributed by atoms with van der Waals surface area (Å²) in [6.45, 7) is 4.81. The Kier molecular flexibility index (Phi) is 7.54. The van der Waals surface area contributed by atoms with Gasteiger partial charge in [-0.25, -0.2) is 0 Å². The van der Waals surface area contributed by atoms with Crippen LogP contribution in [-0.4, -0.2) is 56.1 Å². The van der Waals surface area contributed by atoms with Crippen LogP contribution in [-0.2, 0) is 14.3 Å². The third kappa shape index (κ3) is 6.34. The maximum atomic E-state index is 11.8. The summed E-state index contributed by atoms with van der Waals surface area (Å²) >= 11 is 0. The fourth-order valence-electron chi connectivity index (χ4n) is 2.49. The van der Waals surface area contributed by atoms with Gasteiger partial charge in [0.25, 0.3) is 0 Å². The van der Waals surface area contributed by atoms with E-state index in [9.17, 15) is 9.59 Å². The van der Waals surface area contributed by atoms with Crippen LogP contribution in [0.5, 0.6) is 0 Å². The monoisotopic (exact) mass is 285 g/mol. The number of hydrogen-bond acceptors (Lipinski definition) is 5. The maximum Gasteiger partial charge on any atom is 0.305 e.